The van der Waals surface area contributed by atoms with E-state index >= 15 is 0 Å². The minimum absolute atomic E-state index is 0.0666. The zero-order chi connectivity index (χ0) is 17.6. The van der Waals surface area contributed by atoms with Crippen molar-refractivity contribution >= 4 is 22.1 Å². The molecule has 3 N–H and O–H groups in total. The standard InChI is InChI=1S/C8H6O4.C7H8O3S/c9-7(10)5-3-1-2-4-6(5)8(11)12;1-6-2-4-7(5-3-6)11(8,9)10/h1-4H,(H,9,10)(H,11,12);2-5H,1H3,(H,8,9,10). The third kappa shape index (κ3) is 5.53. The molecule has 0 aliphatic rings. The second-order valence-electron chi connectivity index (χ2n) is 4.44. The summed E-state index contributed by atoms with van der Waals surface area (Å²) in [6.45, 7) is 1.84. The van der Waals surface area contributed by atoms with Crippen LogP contribution in [0.5, 0.6) is 0 Å². The third-order valence-corrected chi connectivity index (χ3v) is 3.57. The van der Waals surface area contributed by atoms with Crippen molar-refractivity contribution in [2.45, 2.75) is 11.8 Å². The molecule has 0 heterocycles. The molecule has 0 spiro atoms. The van der Waals surface area contributed by atoms with E-state index < -0.39 is 22.1 Å². The maximum Gasteiger partial charge on any atom is 0.336 e. The normalized spacial score (nSPS) is 10.3. The number of hydrogen-bond acceptors (Lipinski definition) is 4. The molecule has 0 unspecified atom stereocenters. The molecular weight excluding hydrogens is 324 g/mol. The van der Waals surface area contributed by atoms with Crippen LogP contribution in [-0.4, -0.2) is 35.1 Å². The molecular formula is C15H14O7S. The van der Waals surface area contributed by atoms with Gasteiger partial charge < -0.3 is 10.2 Å². The monoisotopic (exact) mass is 338 g/mol. The molecule has 0 fully saturated rings. The number of aryl methyl sites for hydroxylation is 1. The Hall–Kier alpha value is -2.71. The van der Waals surface area contributed by atoms with Crippen molar-refractivity contribution in [1.29, 1.82) is 0 Å². The van der Waals surface area contributed by atoms with E-state index in [1.54, 1.807) is 12.1 Å². The minimum Gasteiger partial charge on any atom is -0.478 e. The fourth-order valence-corrected chi connectivity index (χ4v) is 2.05. The van der Waals surface area contributed by atoms with Crippen molar-refractivity contribution in [2.75, 3.05) is 0 Å². The average molecular weight is 338 g/mol. The lowest BCUT2D eigenvalue weighted by atomic mass is 10.1. The van der Waals surface area contributed by atoms with E-state index in [9.17, 15) is 18.0 Å². The zero-order valence-electron chi connectivity index (χ0n) is 12.0. The van der Waals surface area contributed by atoms with Gasteiger partial charge in [0.2, 0.25) is 0 Å². The fourth-order valence-electron chi connectivity index (χ4n) is 1.57. The van der Waals surface area contributed by atoms with Crippen LogP contribution in [0.4, 0.5) is 0 Å². The van der Waals surface area contributed by atoms with Crippen LogP contribution in [0.15, 0.2) is 53.4 Å². The third-order valence-electron chi connectivity index (χ3n) is 2.71. The van der Waals surface area contributed by atoms with Gasteiger partial charge in [-0.05, 0) is 31.2 Å². The Morgan fingerprint density at radius 2 is 1.22 bits per heavy atom. The van der Waals surface area contributed by atoms with E-state index in [2.05, 4.69) is 0 Å². The molecule has 2 aromatic carbocycles. The Balaban J connectivity index is 0.000000231. The van der Waals surface area contributed by atoms with Gasteiger partial charge in [-0.25, -0.2) is 9.59 Å². The van der Waals surface area contributed by atoms with Gasteiger partial charge >= 0.3 is 11.9 Å². The number of carbonyl (C=O) groups is 2. The Kier molecular flexibility index (Phi) is 6.00. The lowest BCUT2D eigenvalue weighted by molar-refractivity contribution is 0.0651. The van der Waals surface area contributed by atoms with Crippen molar-refractivity contribution in [2.24, 2.45) is 0 Å². The van der Waals surface area contributed by atoms with E-state index in [0.29, 0.717) is 0 Å². The molecule has 2 rings (SSSR count). The lowest BCUT2D eigenvalue weighted by Crippen LogP contribution is -2.06. The largest absolute Gasteiger partial charge is 0.478 e. The Morgan fingerprint density at radius 1 is 0.826 bits per heavy atom. The molecule has 0 saturated carbocycles. The van der Waals surface area contributed by atoms with Crippen LogP contribution in [0.3, 0.4) is 0 Å². The Labute approximate surface area is 132 Å². The first-order valence-electron chi connectivity index (χ1n) is 6.22. The van der Waals surface area contributed by atoms with Gasteiger partial charge in [0.25, 0.3) is 10.1 Å². The van der Waals surface area contributed by atoms with Crippen LogP contribution in [0.2, 0.25) is 0 Å². The van der Waals surface area contributed by atoms with Crippen LogP contribution in [0.25, 0.3) is 0 Å². The number of rotatable bonds is 3. The highest BCUT2D eigenvalue weighted by Gasteiger charge is 2.13. The molecule has 122 valence electrons. The lowest BCUT2D eigenvalue weighted by Gasteiger charge is -1.98. The van der Waals surface area contributed by atoms with Crippen molar-refractivity contribution in [3.8, 4) is 0 Å². The van der Waals surface area contributed by atoms with Crippen LogP contribution in [-0.2, 0) is 10.1 Å². The molecule has 8 heteroatoms. The Morgan fingerprint density at radius 3 is 1.52 bits per heavy atom. The fraction of sp³-hybridized carbons (Fsp3) is 0.0667. The molecule has 0 aliphatic carbocycles. The van der Waals surface area contributed by atoms with Gasteiger partial charge in [0.15, 0.2) is 0 Å². The maximum absolute atomic E-state index is 10.5. The first-order chi connectivity index (χ1) is 10.6. The molecule has 2 aromatic rings. The van der Waals surface area contributed by atoms with E-state index in [-0.39, 0.29) is 16.0 Å². The van der Waals surface area contributed by atoms with Gasteiger partial charge in [0, 0.05) is 0 Å². The number of hydrogen-bond donors (Lipinski definition) is 3. The summed E-state index contributed by atoms with van der Waals surface area (Å²) in [6, 6.07) is 11.5. The molecule has 23 heavy (non-hydrogen) atoms. The van der Waals surface area contributed by atoms with Crippen LogP contribution in [0, 0.1) is 6.92 Å². The first kappa shape index (κ1) is 18.3. The molecule has 0 aliphatic heterocycles. The second kappa shape index (κ2) is 7.52. The topological polar surface area (TPSA) is 129 Å². The summed E-state index contributed by atoms with van der Waals surface area (Å²) in [7, 11) is -4.02. The summed E-state index contributed by atoms with van der Waals surface area (Å²) in [4.78, 5) is 20.9. The van der Waals surface area contributed by atoms with Crippen molar-refractivity contribution in [3.05, 3.63) is 65.2 Å². The molecule has 0 atom stereocenters. The molecule has 7 nitrogen and oxygen atoms in total. The highest BCUT2D eigenvalue weighted by Crippen LogP contribution is 2.09. The minimum atomic E-state index is -4.02. The van der Waals surface area contributed by atoms with E-state index in [1.165, 1.54) is 36.4 Å². The second-order valence-corrected chi connectivity index (χ2v) is 5.87. The predicted octanol–water partition coefficient (Wildman–Crippen LogP) is 2.32. The number of aromatic carboxylic acids is 2. The van der Waals surface area contributed by atoms with Crippen molar-refractivity contribution in [1.82, 2.24) is 0 Å². The van der Waals surface area contributed by atoms with Crippen LogP contribution >= 0.6 is 0 Å². The summed E-state index contributed by atoms with van der Waals surface area (Å²) in [6.07, 6.45) is 0. The summed E-state index contributed by atoms with van der Waals surface area (Å²) >= 11 is 0. The summed E-state index contributed by atoms with van der Waals surface area (Å²) in [5, 5.41) is 17.1. The zero-order valence-corrected chi connectivity index (χ0v) is 12.8. The molecule has 0 bridgehead atoms. The maximum atomic E-state index is 10.5. The number of carboxylic acids is 2. The van der Waals surface area contributed by atoms with Gasteiger partial charge in [-0.2, -0.15) is 8.42 Å². The molecule has 0 radical (unpaired) electrons. The van der Waals surface area contributed by atoms with Gasteiger partial charge in [0.05, 0.1) is 16.0 Å². The SMILES string of the molecule is Cc1ccc(S(=O)(=O)O)cc1.O=C(O)c1ccccc1C(=O)O. The Bertz CT molecular complexity index is 775. The number of benzene rings is 2. The van der Waals surface area contributed by atoms with Gasteiger partial charge in [0.1, 0.15) is 0 Å². The van der Waals surface area contributed by atoms with Gasteiger partial charge in [-0.1, -0.05) is 29.8 Å². The highest BCUT2D eigenvalue weighted by atomic mass is 32.2. The molecule has 0 amide bonds. The van der Waals surface area contributed by atoms with Crippen molar-refractivity contribution in [3.63, 3.8) is 0 Å². The smallest absolute Gasteiger partial charge is 0.336 e. The van der Waals surface area contributed by atoms with E-state index in [4.69, 9.17) is 14.8 Å². The summed E-state index contributed by atoms with van der Waals surface area (Å²) in [5.41, 5.74) is 0.576. The first-order valence-corrected chi connectivity index (χ1v) is 7.66. The predicted molar refractivity (Wildman–Crippen MR) is 81.4 cm³/mol. The average Bonchev–Trinajstić information content (AvgIpc) is 2.47. The van der Waals surface area contributed by atoms with Crippen LogP contribution < -0.4 is 0 Å². The van der Waals surface area contributed by atoms with Gasteiger partial charge in [-0.15, -0.1) is 0 Å². The van der Waals surface area contributed by atoms with E-state index in [1.807, 2.05) is 6.92 Å². The molecule has 0 saturated heterocycles. The van der Waals surface area contributed by atoms with Crippen LogP contribution in [0.1, 0.15) is 26.3 Å². The summed E-state index contributed by atoms with van der Waals surface area (Å²) < 4.78 is 29.6. The van der Waals surface area contributed by atoms with E-state index in [0.717, 1.165) is 5.56 Å². The number of carboxylic acid groups (broad SMARTS) is 2. The highest BCUT2D eigenvalue weighted by molar-refractivity contribution is 7.85. The summed E-state index contributed by atoms with van der Waals surface area (Å²) in [5.74, 6) is -2.46. The quantitative estimate of drug-likeness (QED) is 0.732. The van der Waals surface area contributed by atoms with Crippen molar-refractivity contribution < 1.29 is 32.8 Å². The van der Waals surface area contributed by atoms with Gasteiger partial charge in [-0.3, -0.25) is 4.55 Å². The molecule has 0 aromatic heterocycles.